The Balaban J connectivity index is 1.54. The van der Waals surface area contributed by atoms with Crippen LogP contribution in [0.3, 0.4) is 0 Å². The van der Waals surface area contributed by atoms with Gasteiger partial charge in [-0.05, 0) is 31.0 Å². The van der Waals surface area contributed by atoms with Crippen LogP contribution in [0, 0.1) is 13.8 Å². The van der Waals surface area contributed by atoms with E-state index in [1.807, 2.05) is 12.1 Å². The fourth-order valence-corrected chi connectivity index (χ4v) is 6.07. The second-order valence-corrected chi connectivity index (χ2v) is 10.5. The van der Waals surface area contributed by atoms with Crippen LogP contribution in [0.25, 0.3) is 0 Å². The van der Waals surface area contributed by atoms with Crippen LogP contribution in [0.15, 0.2) is 72.8 Å². The van der Waals surface area contributed by atoms with Crippen molar-refractivity contribution in [3.05, 3.63) is 101 Å². The molecule has 2 heterocycles. The minimum atomic E-state index is -0.827. The Morgan fingerprint density at radius 3 is 2.11 bits per heavy atom. The van der Waals surface area contributed by atoms with Crippen molar-refractivity contribution in [2.75, 3.05) is 39.8 Å². The van der Waals surface area contributed by atoms with E-state index in [1.54, 1.807) is 12.0 Å². The van der Waals surface area contributed by atoms with Crippen LogP contribution in [0.4, 0.5) is 4.79 Å². The lowest BCUT2D eigenvalue weighted by atomic mass is 9.81. The average molecular weight is 500 g/mol. The molecule has 194 valence electrons. The second kappa shape index (κ2) is 11.0. The van der Waals surface area contributed by atoms with Crippen LogP contribution in [0.2, 0.25) is 0 Å². The van der Waals surface area contributed by atoms with Gasteiger partial charge >= 0.3 is 6.09 Å². The summed E-state index contributed by atoms with van der Waals surface area (Å²) in [7, 11) is 1.72. The van der Waals surface area contributed by atoms with Gasteiger partial charge in [-0.3, -0.25) is 9.80 Å². The fourth-order valence-electron chi connectivity index (χ4n) is 6.07. The maximum absolute atomic E-state index is 11.9. The van der Waals surface area contributed by atoms with Crippen LogP contribution in [0.5, 0.6) is 5.75 Å². The number of nitrogens with zero attached hydrogens (tertiary/aromatic N) is 3. The number of carbonyl (C=O) groups is 1. The van der Waals surface area contributed by atoms with Crippen LogP contribution in [-0.4, -0.2) is 77.8 Å². The first-order valence-electron chi connectivity index (χ1n) is 13.1. The Morgan fingerprint density at radius 2 is 1.51 bits per heavy atom. The highest BCUT2D eigenvalue weighted by Gasteiger charge is 2.43. The molecule has 0 bridgehead atoms. The maximum Gasteiger partial charge on any atom is 0.407 e. The van der Waals surface area contributed by atoms with Crippen molar-refractivity contribution in [2.24, 2.45) is 0 Å². The molecule has 0 saturated carbocycles. The summed E-state index contributed by atoms with van der Waals surface area (Å²) in [6.07, 6.45) is -0.827. The van der Waals surface area contributed by atoms with Crippen molar-refractivity contribution in [1.82, 2.24) is 14.7 Å². The predicted molar refractivity (Wildman–Crippen MR) is 146 cm³/mol. The quantitative estimate of drug-likeness (QED) is 0.518. The molecule has 6 heteroatoms. The second-order valence-electron chi connectivity index (χ2n) is 10.5. The van der Waals surface area contributed by atoms with E-state index < -0.39 is 6.09 Å². The molecule has 1 N–H and O–H groups in total. The highest BCUT2D eigenvalue weighted by molar-refractivity contribution is 5.65. The molecule has 1 amide bonds. The van der Waals surface area contributed by atoms with Gasteiger partial charge in [0, 0.05) is 62.8 Å². The first kappa shape index (κ1) is 25.3. The number of fused-ring (bicyclic) bond motifs is 1. The van der Waals surface area contributed by atoms with Gasteiger partial charge in [0.1, 0.15) is 5.75 Å². The van der Waals surface area contributed by atoms with Gasteiger partial charge in [0.05, 0.1) is 7.11 Å². The summed E-state index contributed by atoms with van der Waals surface area (Å²) >= 11 is 0. The molecule has 2 atom stereocenters. The summed E-state index contributed by atoms with van der Waals surface area (Å²) in [4.78, 5) is 18.5. The van der Waals surface area contributed by atoms with E-state index in [1.165, 1.54) is 22.3 Å². The fraction of sp³-hybridized carbons (Fsp3) is 0.387. The van der Waals surface area contributed by atoms with Crippen molar-refractivity contribution >= 4 is 6.09 Å². The number of rotatable bonds is 6. The highest BCUT2D eigenvalue weighted by Crippen LogP contribution is 2.37. The Hall–Kier alpha value is -3.35. The number of ether oxygens (including phenoxy) is 1. The summed E-state index contributed by atoms with van der Waals surface area (Å²) in [5, 5.41) is 9.76. The lowest BCUT2D eigenvalue weighted by molar-refractivity contribution is -0.0294. The zero-order chi connectivity index (χ0) is 25.9. The minimum Gasteiger partial charge on any atom is -0.496 e. The molecular formula is C31H37N3O3. The summed E-state index contributed by atoms with van der Waals surface area (Å²) in [6, 6.07) is 26.4. The van der Waals surface area contributed by atoms with E-state index in [0.29, 0.717) is 13.1 Å². The molecule has 0 aliphatic carbocycles. The van der Waals surface area contributed by atoms with Crippen molar-refractivity contribution in [2.45, 2.75) is 38.4 Å². The molecule has 0 spiro atoms. The Morgan fingerprint density at radius 1 is 0.892 bits per heavy atom. The zero-order valence-corrected chi connectivity index (χ0v) is 22.0. The van der Waals surface area contributed by atoms with Crippen LogP contribution in [0.1, 0.15) is 33.7 Å². The highest BCUT2D eigenvalue weighted by atomic mass is 16.5. The third-order valence-electron chi connectivity index (χ3n) is 7.98. The third-order valence-corrected chi connectivity index (χ3v) is 7.98. The topological polar surface area (TPSA) is 56.2 Å². The number of piperazine rings is 2. The van der Waals surface area contributed by atoms with Gasteiger partial charge in [-0.1, -0.05) is 77.9 Å². The molecule has 1 unspecified atom stereocenters. The standard InChI is InChI=1S/C31H37N3O3/c1-22-8-12-24(13-9-22)30(25-14-10-23(2)11-15-25)28-21-32(18-26-6-4-5-7-29(26)37-3)19-27-20-33(31(35)36)16-17-34(27)28/h4-15,27-28,30H,16-21H2,1-3H3,(H,35,36)/t27-,28?/m1/s1. The van der Waals surface area contributed by atoms with Gasteiger partial charge in [-0.25, -0.2) is 4.79 Å². The summed E-state index contributed by atoms with van der Waals surface area (Å²) in [5.41, 5.74) is 6.27. The molecule has 2 fully saturated rings. The van der Waals surface area contributed by atoms with Crippen molar-refractivity contribution in [1.29, 1.82) is 0 Å². The molecule has 3 aromatic carbocycles. The lowest BCUT2D eigenvalue weighted by Gasteiger charge is -2.53. The van der Waals surface area contributed by atoms with Crippen LogP contribution >= 0.6 is 0 Å². The number of hydrogen-bond acceptors (Lipinski definition) is 4. The van der Waals surface area contributed by atoms with E-state index in [0.717, 1.165) is 37.5 Å². The molecule has 0 aromatic heterocycles. The van der Waals surface area contributed by atoms with Gasteiger partial charge in [0.25, 0.3) is 0 Å². The van der Waals surface area contributed by atoms with Gasteiger partial charge in [-0.15, -0.1) is 0 Å². The van der Waals surface area contributed by atoms with Gasteiger partial charge in [0.15, 0.2) is 0 Å². The number of para-hydroxylation sites is 1. The van der Waals surface area contributed by atoms with Gasteiger partial charge in [-0.2, -0.15) is 0 Å². The van der Waals surface area contributed by atoms with E-state index in [9.17, 15) is 9.90 Å². The molecule has 6 nitrogen and oxygen atoms in total. The maximum atomic E-state index is 11.9. The zero-order valence-electron chi connectivity index (χ0n) is 22.0. The number of amides is 1. The van der Waals surface area contributed by atoms with E-state index in [4.69, 9.17) is 4.74 Å². The smallest absolute Gasteiger partial charge is 0.407 e. The number of aryl methyl sites for hydroxylation is 2. The number of hydrogen-bond donors (Lipinski definition) is 1. The molecule has 0 radical (unpaired) electrons. The van der Waals surface area contributed by atoms with Gasteiger partial charge < -0.3 is 14.7 Å². The summed E-state index contributed by atoms with van der Waals surface area (Å²) < 4.78 is 5.65. The normalized spacial score (nSPS) is 20.6. The molecule has 37 heavy (non-hydrogen) atoms. The molecule has 5 rings (SSSR count). The van der Waals surface area contributed by atoms with Crippen molar-refractivity contribution < 1.29 is 14.6 Å². The van der Waals surface area contributed by atoms with E-state index in [2.05, 4.69) is 84.3 Å². The Labute approximate surface area is 220 Å². The third kappa shape index (κ3) is 5.50. The molecule has 2 saturated heterocycles. The van der Waals surface area contributed by atoms with E-state index in [-0.39, 0.29) is 18.0 Å². The van der Waals surface area contributed by atoms with E-state index >= 15 is 0 Å². The van der Waals surface area contributed by atoms with Crippen molar-refractivity contribution in [3.63, 3.8) is 0 Å². The monoisotopic (exact) mass is 499 g/mol. The lowest BCUT2D eigenvalue weighted by Crippen LogP contribution is -2.67. The van der Waals surface area contributed by atoms with Crippen LogP contribution in [-0.2, 0) is 6.54 Å². The molecule has 2 aliphatic heterocycles. The Kier molecular flexibility index (Phi) is 7.49. The summed E-state index contributed by atoms with van der Waals surface area (Å²) in [5.74, 6) is 1.08. The number of methoxy groups -OCH3 is 1. The number of benzene rings is 3. The molecular weight excluding hydrogens is 462 g/mol. The predicted octanol–water partition coefficient (Wildman–Crippen LogP) is 4.99. The molecule has 2 aliphatic rings. The Bertz CT molecular complexity index is 1170. The molecule has 3 aromatic rings. The van der Waals surface area contributed by atoms with Crippen LogP contribution < -0.4 is 4.74 Å². The van der Waals surface area contributed by atoms with Crippen molar-refractivity contribution in [3.8, 4) is 5.75 Å². The first-order valence-corrected chi connectivity index (χ1v) is 13.1. The van der Waals surface area contributed by atoms with Gasteiger partial charge in [0.2, 0.25) is 0 Å². The summed E-state index contributed by atoms with van der Waals surface area (Å²) in [6.45, 7) is 8.57. The first-order chi connectivity index (χ1) is 17.9. The SMILES string of the molecule is COc1ccccc1CN1CC(C(c2ccc(C)cc2)c2ccc(C)cc2)N2CCN(C(=O)O)C[C@H]2C1. The largest absolute Gasteiger partial charge is 0.496 e. The number of carboxylic acid groups (broad SMARTS) is 1. The average Bonchev–Trinajstić information content (AvgIpc) is 2.91. The minimum absolute atomic E-state index is 0.136.